The Balaban J connectivity index is 2.10. The maximum Gasteiger partial charge on any atom is 0.245 e. The summed E-state index contributed by atoms with van der Waals surface area (Å²) in [6.07, 6.45) is 4.53. The van der Waals surface area contributed by atoms with Crippen LogP contribution in [0.25, 0.3) is 0 Å². The third-order valence-electron chi connectivity index (χ3n) is 4.24. The molecule has 2 heterocycles. The molecule has 2 fully saturated rings. The predicted molar refractivity (Wildman–Crippen MR) is 70.0 cm³/mol. The second kappa shape index (κ2) is 5.72. The summed E-state index contributed by atoms with van der Waals surface area (Å²) in [6, 6.07) is -0.169. The molecule has 0 radical (unpaired) electrons. The maximum atomic E-state index is 12.5. The van der Waals surface area contributed by atoms with Gasteiger partial charge in [-0.15, -0.1) is 0 Å². The number of amides is 2. The highest BCUT2D eigenvalue weighted by Gasteiger charge is 2.37. The average molecular weight is 252 g/mol. The van der Waals surface area contributed by atoms with Gasteiger partial charge in [0, 0.05) is 26.1 Å². The Morgan fingerprint density at radius 2 is 2.06 bits per heavy atom. The molecule has 0 aromatic carbocycles. The lowest BCUT2D eigenvalue weighted by Gasteiger charge is -2.34. The molecule has 2 rings (SSSR count). The number of fused-ring (bicyclic) bond motifs is 1. The van der Waals surface area contributed by atoms with Crippen LogP contribution in [0.2, 0.25) is 0 Å². The number of carbonyl (C=O) groups excluding carboxylic acids is 2. The number of rotatable bonds is 3. The van der Waals surface area contributed by atoms with Crippen molar-refractivity contribution in [2.75, 3.05) is 19.6 Å². The van der Waals surface area contributed by atoms with Crippen LogP contribution in [-0.2, 0) is 9.59 Å². The monoisotopic (exact) mass is 252 g/mol. The lowest BCUT2D eigenvalue weighted by atomic mass is 10.0. The van der Waals surface area contributed by atoms with Crippen molar-refractivity contribution >= 4 is 11.8 Å². The molecule has 2 aliphatic heterocycles. The highest BCUT2D eigenvalue weighted by atomic mass is 16.2. The number of hydrogen-bond acceptors (Lipinski definition) is 2. The van der Waals surface area contributed by atoms with E-state index in [2.05, 4.69) is 13.8 Å². The van der Waals surface area contributed by atoms with Crippen molar-refractivity contribution in [3.05, 3.63) is 0 Å². The summed E-state index contributed by atoms with van der Waals surface area (Å²) in [4.78, 5) is 28.3. The quantitative estimate of drug-likeness (QED) is 0.766. The molecule has 2 aliphatic rings. The van der Waals surface area contributed by atoms with Gasteiger partial charge in [0.1, 0.15) is 6.04 Å². The van der Waals surface area contributed by atoms with Gasteiger partial charge in [-0.3, -0.25) is 9.59 Å². The summed E-state index contributed by atoms with van der Waals surface area (Å²) in [5.41, 5.74) is 0. The highest BCUT2D eigenvalue weighted by molar-refractivity contribution is 5.90. The van der Waals surface area contributed by atoms with Gasteiger partial charge in [-0.25, -0.2) is 0 Å². The van der Waals surface area contributed by atoms with E-state index in [4.69, 9.17) is 0 Å². The molecule has 102 valence electrons. The summed E-state index contributed by atoms with van der Waals surface area (Å²) < 4.78 is 0. The van der Waals surface area contributed by atoms with E-state index in [1.807, 2.05) is 9.80 Å². The first-order valence-corrected chi connectivity index (χ1v) is 7.21. The number of piperidine rings is 1. The Labute approximate surface area is 109 Å². The van der Waals surface area contributed by atoms with Gasteiger partial charge in [-0.1, -0.05) is 20.3 Å². The highest BCUT2D eigenvalue weighted by Crippen LogP contribution is 2.23. The first-order chi connectivity index (χ1) is 8.63. The Hall–Kier alpha value is -1.06. The Kier molecular flexibility index (Phi) is 4.25. The molecular weight excluding hydrogens is 228 g/mol. The van der Waals surface area contributed by atoms with Crippen molar-refractivity contribution in [3.63, 3.8) is 0 Å². The van der Waals surface area contributed by atoms with Crippen LogP contribution < -0.4 is 0 Å². The van der Waals surface area contributed by atoms with Gasteiger partial charge in [0.05, 0.1) is 0 Å². The smallest absolute Gasteiger partial charge is 0.245 e. The minimum Gasteiger partial charge on any atom is -0.340 e. The van der Waals surface area contributed by atoms with E-state index in [1.165, 1.54) is 0 Å². The zero-order valence-electron chi connectivity index (χ0n) is 11.5. The van der Waals surface area contributed by atoms with E-state index in [9.17, 15) is 9.59 Å². The Morgan fingerprint density at radius 3 is 2.78 bits per heavy atom. The standard InChI is InChI=1S/C14H24N2O2/c1-3-11(2)10-15-9-7-13(17)16-8-5-4-6-12(16)14(15)18/h11-12H,3-10H2,1-2H3. The summed E-state index contributed by atoms with van der Waals surface area (Å²) in [7, 11) is 0. The van der Waals surface area contributed by atoms with Gasteiger partial charge in [-0.05, 0) is 25.2 Å². The molecule has 18 heavy (non-hydrogen) atoms. The van der Waals surface area contributed by atoms with E-state index in [1.54, 1.807) is 0 Å². The summed E-state index contributed by atoms with van der Waals surface area (Å²) in [5, 5.41) is 0. The van der Waals surface area contributed by atoms with Gasteiger partial charge >= 0.3 is 0 Å². The van der Waals surface area contributed by atoms with E-state index in [0.29, 0.717) is 18.9 Å². The summed E-state index contributed by atoms with van der Waals surface area (Å²) in [5.74, 6) is 0.861. The summed E-state index contributed by atoms with van der Waals surface area (Å²) >= 11 is 0. The van der Waals surface area contributed by atoms with E-state index < -0.39 is 0 Å². The molecule has 4 nitrogen and oxygen atoms in total. The van der Waals surface area contributed by atoms with Crippen molar-refractivity contribution in [2.24, 2.45) is 5.92 Å². The third-order valence-corrected chi connectivity index (χ3v) is 4.24. The molecule has 4 heteroatoms. The molecular formula is C14H24N2O2. The van der Waals surface area contributed by atoms with Crippen molar-refractivity contribution in [1.29, 1.82) is 0 Å². The lowest BCUT2D eigenvalue weighted by molar-refractivity contribution is -0.143. The van der Waals surface area contributed by atoms with Gasteiger partial charge in [-0.2, -0.15) is 0 Å². The molecule has 0 aromatic heterocycles. The van der Waals surface area contributed by atoms with E-state index in [-0.39, 0.29) is 17.9 Å². The van der Waals surface area contributed by atoms with Crippen LogP contribution in [0, 0.1) is 5.92 Å². The van der Waals surface area contributed by atoms with Crippen molar-refractivity contribution in [1.82, 2.24) is 9.80 Å². The topological polar surface area (TPSA) is 40.6 Å². The van der Waals surface area contributed by atoms with Crippen LogP contribution >= 0.6 is 0 Å². The molecule has 0 aromatic rings. The molecule has 2 saturated heterocycles. The fourth-order valence-corrected chi connectivity index (χ4v) is 2.87. The predicted octanol–water partition coefficient (Wildman–Crippen LogP) is 1.65. The minimum absolute atomic E-state index is 0.166. The number of carbonyl (C=O) groups is 2. The van der Waals surface area contributed by atoms with Crippen molar-refractivity contribution in [2.45, 2.75) is 52.0 Å². The van der Waals surface area contributed by atoms with Gasteiger partial charge in [0.2, 0.25) is 11.8 Å². The van der Waals surface area contributed by atoms with E-state index in [0.717, 1.165) is 38.8 Å². The largest absolute Gasteiger partial charge is 0.340 e. The molecule has 0 aliphatic carbocycles. The fraction of sp³-hybridized carbons (Fsp3) is 0.857. The molecule has 0 spiro atoms. The lowest BCUT2D eigenvalue weighted by Crippen LogP contribution is -2.50. The van der Waals surface area contributed by atoms with Crippen LogP contribution in [0.3, 0.4) is 0 Å². The number of hydrogen-bond donors (Lipinski definition) is 0. The van der Waals surface area contributed by atoms with Crippen molar-refractivity contribution < 1.29 is 9.59 Å². The normalized spacial score (nSPS) is 26.9. The van der Waals surface area contributed by atoms with Gasteiger partial charge in [0.25, 0.3) is 0 Å². The third kappa shape index (κ3) is 2.68. The number of nitrogens with zero attached hydrogens (tertiary/aromatic N) is 2. The fourth-order valence-electron chi connectivity index (χ4n) is 2.87. The molecule has 2 unspecified atom stereocenters. The molecule has 0 saturated carbocycles. The second-order valence-electron chi connectivity index (χ2n) is 5.65. The first-order valence-electron chi connectivity index (χ1n) is 7.21. The SMILES string of the molecule is CCC(C)CN1CCC(=O)N2CCCCC2C1=O. The molecule has 0 bridgehead atoms. The van der Waals surface area contributed by atoms with Gasteiger partial charge in [0.15, 0.2) is 0 Å². The van der Waals surface area contributed by atoms with Crippen LogP contribution in [0.5, 0.6) is 0 Å². The second-order valence-corrected chi connectivity index (χ2v) is 5.65. The van der Waals surface area contributed by atoms with Crippen LogP contribution in [0.4, 0.5) is 0 Å². The Bertz CT molecular complexity index is 330. The van der Waals surface area contributed by atoms with Crippen LogP contribution in [0.15, 0.2) is 0 Å². The summed E-state index contributed by atoms with van der Waals surface area (Å²) in [6.45, 7) is 6.48. The average Bonchev–Trinajstić information content (AvgIpc) is 2.51. The molecule has 0 N–H and O–H groups in total. The van der Waals surface area contributed by atoms with E-state index >= 15 is 0 Å². The van der Waals surface area contributed by atoms with Crippen LogP contribution in [-0.4, -0.2) is 47.3 Å². The van der Waals surface area contributed by atoms with Crippen LogP contribution in [0.1, 0.15) is 46.0 Å². The zero-order chi connectivity index (χ0) is 13.1. The Morgan fingerprint density at radius 1 is 1.28 bits per heavy atom. The minimum atomic E-state index is -0.169. The van der Waals surface area contributed by atoms with Crippen molar-refractivity contribution in [3.8, 4) is 0 Å². The molecule has 2 atom stereocenters. The molecule has 2 amide bonds. The maximum absolute atomic E-state index is 12.5. The zero-order valence-corrected chi connectivity index (χ0v) is 11.5. The first kappa shape index (κ1) is 13.4. The van der Waals surface area contributed by atoms with Gasteiger partial charge < -0.3 is 9.80 Å².